The van der Waals surface area contributed by atoms with E-state index in [1.54, 1.807) is 24.3 Å². The summed E-state index contributed by atoms with van der Waals surface area (Å²) in [6, 6.07) is 7.59. The molecular formula is C13H9Cl2F3N4S. The van der Waals surface area contributed by atoms with E-state index in [0.717, 1.165) is 6.07 Å². The monoisotopic (exact) mass is 380 g/mol. The molecule has 2 rings (SSSR count). The second-order valence-electron chi connectivity index (χ2n) is 4.27. The first-order chi connectivity index (χ1) is 10.8. The van der Waals surface area contributed by atoms with Crippen LogP contribution in [-0.4, -0.2) is 10.1 Å². The lowest BCUT2D eigenvalue weighted by atomic mass is 10.3. The molecule has 2 aromatic rings. The highest BCUT2D eigenvalue weighted by Gasteiger charge is 2.31. The summed E-state index contributed by atoms with van der Waals surface area (Å²) in [5.41, 5.74) is 4.80. The van der Waals surface area contributed by atoms with Crippen LogP contribution in [0.1, 0.15) is 5.56 Å². The molecule has 1 heterocycles. The number of hydrogen-bond acceptors (Lipinski definition) is 3. The molecule has 122 valence electrons. The molecule has 0 aliphatic heterocycles. The zero-order valence-electron chi connectivity index (χ0n) is 11.2. The van der Waals surface area contributed by atoms with Gasteiger partial charge in [-0.25, -0.2) is 4.98 Å². The molecule has 0 fully saturated rings. The minimum absolute atomic E-state index is 0.00918. The van der Waals surface area contributed by atoms with Crippen LogP contribution in [-0.2, 0) is 6.18 Å². The molecule has 0 bridgehead atoms. The number of hydrazine groups is 1. The van der Waals surface area contributed by atoms with Gasteiger partial charge in [0.05, 0.1) is 10.6 Å². The fourth-order valence-electron chi connectivity index (χ4n) is 1.53. The molecule has 10 heteroatoms. The van der Waals surface area contributed by atoms with Crippen molar-refractivity contribution in [1.82, 2.24) is 10.4 Å². The number of alkyl halides is 3. The summed E-state index contributed by atoms with van der Waals surface area (Å²) in [5.74, 6) is 0.00918. The quantitative estimate of drug-likeness (QED) is 0.531. The van der Waals surface area contributed by atoms with Gasteiger partial charge < -0.3 is 5.32 Å². The van der Waals surface area contributed by atoms with E-state index in [1.807, 2.05) is 0 Å². The van der Waals surface area contributed by atoms with Crippen molar-refractivity contribution in [2.45, 2.75) is 6.18 Å². The Morgan fingerprint density at radius 1 is 1.17 bits per heavy atom. The molecule has 0 aliphatic rings. The van der Waals surface area contributed by atoms with Crippen molar-refractivity contribution in [1.29, 1.82) is 0 Å². The summed E-state index contributed by atoms with van der Waals surface area (Å²) in [7, 11) is 0. The molecule has 3 N–H and O–H groups in total. The van der Waals surface area contributed by atoms with E-state index in [0.29, 0.717) is 16.9 Å². The number of thiocarbonyl (C=S) groups is 1. The fourth-order valence-corrected chi connectivity index (χ4v) is 2.10. The lowest BCUT2D eigenvalue weighted by molar-refractivity contribution is -0.137. The SMILES string of the molecule is FC(F)(F)c1cnc(NNC(=S)Nc2cccc(Cl)c2)c(Cl)c1. The molecule has 0 amide bonds. The minimum Gasteiger partial charge on any atom is -0.331 e. The van der Waals surface area contributed by atoms with Crippen molar-refractivity contribution in [2.75, 3.05) is 10.7 Å². The molecule has 0 saturated heterocycles. The average molecular weight is 381 g/mol. The first-order valence-electron chi connectivity index (χ1n) is 6.07. The summed E-state index contributed by atoms with van der Waals surface area (Å²) >= 11 is 16.6. The topological polar surface area (TPSA) is 49.0 Å². The van der Waals surface area contributed by atoms with Crippen LogP contribution in [0.2, 0.25) is 10.0 Å². The van der Waals surface area contributed by atoms with Crippen molar-refractivity contribution in [3.8, 4) is 0 Å². The highest BCUT2D eigenvalue weighted by molar-refractivity contribution is 7.80. The van der Waals surface area contributed by atoms with E-state index in [-0.39, 0.29) is 16.0 Å². The van der Waals surface area contributed by atoms with Gasteiger partial charge in [-0.15, -0.1) is 0 Å². The molecule has 4 nitrogen and oxygen atoms in total. The maximum atomic E-state index is 12.5. The van der Waals surface area contributed by atoms with Crippen molar-refractivity contribution in [3.05, 3.63) is 52.1 Å². The Hall–Kier alpha value is -1.77. The Balaban J connectivity index is 1.97. The van der Waals surface area contributed by atoms with E-state index in [4.69, 9.17) is 35.4 Å². The van der Waals surface area contributed by atoms with Crippen LogP contribution in [0.15, 0.2) is 36.5 Å². The first-order valence-corrected chi connectivity index (χ1v) is 7.23. The van der Waals surface area contributed by atoms with Crippen LogP contribution < -0.4 is 16.2 Å². The smallest absolute Gasteiger partial charge is 0.331 e. The standard InChI is InChI=1S/C13H9Cl2F3N4S/c14-8-2-1-3-9(5-8)20-12(23)22-21-11-10(15)4-7(6-19-11)13(16,17)18/h1-6H,(H,19,21)(H2,20,22,23). The Morgan fingerprint density at radius 2 is 1.91 bits per heavy atom. The molecule has 0 aliphatic carbocycles. The molecule has 0 unspecified atom stereocenters. The third kappa shape index (κ3) is 5.12. The number of anilines is 2. The number of benzene rings is 1. The van der Waals surface area contributed by atoms with Gasteiger partial charge in [0.1, 0.15) is 0 Å². The normalized spacial score (nSPS) is 11.0. The molecule has 0 atom stereocenters. The lowest BCUT2D eigenvalue weighted by Crippen LogP contribution is -2.33. The van der Waals surface area contributed by atoms with Gasteiger partial charge >= 0.3 is 6.18 Å². The number of rotatable bonds is 3. The highest BCUT2D eigenvalue weighted by atomic mass is 35.5. The third-order valence-electron chi connectivity index (χ3n) is 2.55. The van der Waals surface area contributed by atoms with E-state index >= 15 is 0 Å². The number of nitrogens with zero attached hydrogens (tertiary/aromatic N) is 1. The van der Waals surface area contributed by atoms with E-state index < -0.39 is 11.7 Å². The third-order valence-corrected chi connectivity index (χ3v) is 3.27. The van der Waals surface area contributed by atoms with Crippen molar-refractivity contribution in [2.24, 2.45) is 0 Å². The fraction of sp³-hybridized carbons (Fsp3) is 0.0769. The van der Waals surface area contributed by atoms with Gasteiger partial charge in [-0.2, -0.15) is 13.2 Å². The molecule has 0 radical (unpaired) electrons. The highest BCUT2D eigenvalue weighted by Crippen LogP contribution is 2.32. The van der Waals surface area contributed by atoms with Crippen LogP contribution in [0, 0.1) is 0 Å². The van der Waals surface area contributed by atoms with Gasteiger partial charge in [0.15, 0.2) is 10.9 Å². The maximum Gasteiger partial charge on any atom is 0.417 e. The minimum atomic E-state index is -4.51. The van der Waals surface area contributed by atoms with Gasteiger partial charge in [-0.3, -0.25) is 10.9 Å². The number of nitrogens with one attached hydrogen (secondary N) is 3. The maximum absolute atomic E-state index is 12.5. The van der Waals surface area contributed by atoms with E-state index in [9.17, 15) is 13.2 Å². The second kappa shape index (κ2) is 7.20. The number of pyridine rings is 1. The first kappa shape index (κ1) is 17.6. The molecule has 1 aromatic heterocycles. The zero-order chi connectivity index (χ0) is 17.0. The summed E-state index contributed by atoms with van der Waals surface area (Å²) in [5, 5.41) is 3.32. The Morgan fingerprint density at radius 3 is 2.52 bits per heavy atom. The van der Waals surface area contributed by atoms with E-state index in [2.05, 4.69) is 21.2 Å². The molecule has 23 heavy (non-hydrogen) atoms. The van der Waals surface area contributed by atoms with Crippen LogP contribution in [0.3, 0.4) is 0 Å². The van der Waals surface area contributed by atoms with Crippen LogP contribution in [0.4, 0.5) is 24.7 Å². The Labute approximate surface area is 145 Å². The van der Waals surface area contributed by atoms with Gasteiger partial charge in [0, 0.05) is 16.9 Å². The van der Waals surface area contributed by atoms with Crippen LogP contribution in [0.25, 0.3) is 0 Å². The molecule has 0 saturated carbocycles. The largest absolute Gasteiger partial charge is 0.417 e. The number of halogens is 5. The Kier molecular flexibility index (Phi) is 5.51. The number of aromatic nitrogens is 1. The molecule has 1 aromatic carbocycles. The van der Waals surface area contributed by atoms with Gasteiger partial charge in [-0.05, 0) is 36.5 Å². The summed E-state index contributed by atoms with van der Waals surface area (Å²) < 4.78 is 37.5. The van der Waals surface area contributed by atoms with Crippen LogP contribution in [0.5, 0.6) is 0 Å². The van der Waals surface area contributed by atoms with Crippen LogP contribution >= 0.6 is 35.4 Å². The van der Waals surface area contributed by atoms with Gasteiger partial charge in [0.2, 0.25) is 0 Å². The van der Waals surface area contributed by atoms with Gasteiger partial charge in [-0.1, -0.05) is 29.3 Å². The lowest BCUT2D eigenvalue weighted by Gasteiger charge is -2.14. The summed E-state index contributed by atoms with van der Waals surface area (Å²) in [4.78, 5) is 3.60. The van der Waals surface area contributed by atoms with Crippen molar-refractivity contribution in [3.63, 3.8) is 0 Å². The van der Waals surface area contributed by atoms with Crippen molar-refractivity contribution < 1.29 is 13.2 Å². The summed E-state index contributed by atoms with van der Waals surface area (Å²) in [6.45, 7) is 0. The second-order valence-corrected chi connectivity index (χ2v) is 5.52. The predicted molar refractivity (Wildman–Crippen MR) is 88.7 cm³/mol. The van der Waals surface area contributed by atoms with Crippen molar-refractivity contribution >= 4 is 52.0 Å². The molecular weight excluding hydrogens is 372 g/mol. The van der Waals surface area contributed by atoms with Gasteiger partial charge in [0.25, 0.3) is 0 Å². The number of hydrogen-bond donors (Lipinski definition) is 3. The summed E-state index contributed by atoms with van der Waals surface area (Å²) in [6.07, 6.45) is -3.84. The predicted octanol–water partition coefficient (Wildman–Crippen LogP) is 4.72. The van der Waals surface area contributed by atoms with E-state index in [1.165, 1.54) is 0 Å². The average Bonchev–Trinajstić information content (AvgIpc) is 2.45. The Bertz CT molecular complexity index is 725. The zero-order valence-corrected chi connectivity index (χ0v) is 13.5. The molecule has 0 spiro atoms.